The number of benzene rings is 2. The maximum atomic E-state index is 13.3. The van der Waals surface area contributed by atoms with Crippen LogP contribution in [0.4, 0.5) is 11.9 Å². The monoisotopic (exact) mass is 766 g/mol. The number of nitrogens with one attached hydrogen (secondary N) is 2. The normalized spacial score (nSPS) is 11.2. The van der Waals surface area contributed by atoms with Crippen molar-refractivity contribution in [3.8, 4) is 5.75 Å². The summed E-state index contributed by atoms with van der Waals surface area (Å²) < 4.78 is 12.9. The van der Waals surface area contributed by atoms with Gasteiger partial charge in [0.25, 0.3) is 5.91 Å². The van der Waals surface area contributed by atoms with E-state index in [4.69, 9.17) is 16.2 Å². The summed E-state index contributed by atoms with van der Waals surface area (Å²) in [6.45, 7) is 9.71. The van der Waals surface area contributed by atoms with Crippen LogP contribution in [0.25, 0.3) is 22.1 Å². The van der Waals surface area contributed by atoms with E-state index in [1.165, 1.54) is 0 Å². The van der Waals surface area contributed by atoms with E-state index in [1.54, 1.807) is 58.9 Å². The quantitative estimate of drug-likeness (QED) is 0.0543. The molecule has 4 heterocycles. The van der Waals surface area contributed by atoms with E-state index in [0.29, 0.717) is 76.8 Å². The zero-order valence-electron chi connectivity index (χ0n) is 31.9. The minimum absolute atomic E-state index is 0.0421. The second-order valence-electron chi connectivity index (χ2n) is 12.6. The third-order valence-corrected chi connectivity index (χ3v) is 8.66. The van der Waals surface area contributed by atoms with Crippen molar-refractivity contribution in [1.29, 1.82) is 0 Å². The van der Waals surface area contributed by atoms with Gasteiger partial charge in [0.1, 0.15) is 22.7 Å². The number of rotatable bonds is 16. The van der Waals surface area contributed by atoms with E-state index >= 15 is 0 Å². The van der Waals surface area contributed by atoms with Gasteiger partial charge in [-0.3, -0.25) is 33.9 Å². The molecule has 3 amide bonds. The van der Waals surface area contributed by atoms with E-state index in [2.05, 4.69) is 30.8 Å². The number of aryl methyl sites for hydroxylation is 4. The molecule has 6 rings (SSSR count). The summed E-state index contributed by atoms with van der Waals surface area (Å²) in [5.41, 5.74) is 16.6. The lowest BCUT2D eigenvalue weighted by molar-refractivity contribution is 0.0992. The third-order valence-electron chi connectivity index (χ3n) is 8.66. The van der Waals surface area contributed by atoms with Gasteiger partial charge in [-0.2, -0.15) is 10.2 Å². The zero-order valence-corrected chi connectivity index (χ0v) is 31.9. The number of aliphatic hydroxyl groups excluding tert-OH is 1. The number of aliphatic hydroxyl groups is 1. The van der Waals surface area contributed by atoms with Crippen molar-refractivity contribution in [2.75, 3.05) is 30.9 Å². The maximum Gasteiger partial charge on any atom is 0.276 e. The highest BCUT2D eigenvalue weighted by atomic mass is 16.5. The molecule has 56 heavy (non-hydrogen) atoms. The Kier molecular flexibility index (Phi) is 13.0. The molecule has 0 unspecified atom stereocenters. The van der Waals surface area contributed by atoms with Crippen molar-refractivity contribution in [2.24, 2.45) is 11.5 Å². The van der Waals surface area contributed by atoms with Gasteiger partial charge in [-0.1, -0.05) is 12.2 Å². The second kappa shape index (κ2) is 18.0. The van der Waals surface area contributed by atoms with Crippen LogP contribution in [0.15, 0.2) is 54.6 Å². The van der Waals surface area contributed by atoms with Gasteiger partial charge in [-0.15, -0.1) is 0 Å². The molecule has 18 nitrogen and oxygen atoms in total. The summed E-state index contributed by atoms with van der Waals surface area (Å²) in [4.78, 5) is 56.7. The van der Waals surface area contributed by atoms with Crippen LogP contribution in [0.5, 0.6) is 5.75 Å². The number of carbonyl (C=O) groups is 4. The number of anilines is 2. The highest BCUT2D eigenvalue weighted by molar-refractivity contribution is 6.03. The van der Waals surface area contributed by atoms with Crippen LogP contribution in [0.2, 0.25) is 0 Å². The number of hydrogen-bond donors (Lipinski definition) is 5. The highest BCUT2D eigenvalue weighted by Gasteiger charge is 2.20. The summed E-state index contributed by atoms with van der Waals surface area (Å²) in [5.74, 6) is -0.321. The number of amides is 3. The number of hydrogen-bond acceptors (Lipinski definition) is 11. The Balaban J connectivity index is 0.000000522. The second-order valence-corrected chi connectivity index (χ2v) is 12.6. The number of aldehydes is 1. The van der Waals surface area contributed by atoms with Crippen LogP contribution in [0, 0.1) is 13.8 Å². The summed E-state index contributed by atoms with van der Waals surface area (Å²) in [6.07, 6.45) is 5.07. The summed E-state index contributed by atoms with van der Waals surface area (Å²) in [7, 11) is 1.74. The fourth-order valence-corrected chi connectivity index (χ4v) is 6.07. The summed E-state index contributed by atoms with van der Waals surface area (Å²) >= 11 is 0. The number of aromatic nitrogens is 8. The van der Waals surface area contributed by atoms with Crippen molar-refractivity contribution < 1.29 is 29.0 Å². The number of carbonyl (C=O) groups excluding carboxylic acids is 4. The Bertz CT molecular complexity index is 2420. The fourth-order valence-electron chi connectivity index (χ4n) is 6.07. The van der Waals surface area contributed by atoms with Crippen molar-refractivity contribution in [3.05, 3.63) is 88.5 Å². The number of allylic oxidation sites excluding steroid dienone is 2. The molecule has 294 valence electrons. The van der Waals surface area contributed by atoms with E-state index in [-0.39, 0.29) is 30.6 Å². The maximum absolute atomic E-state index is 13.3. The number of imidazole rings is 2. The van der Waals surface area contributed by atoms with Gasteiger partial charge in [-0.25, -0.2) is 9.97 Å². The number of nitrogens with zero attached hydrogens (tertiary/aromatic N) is 8. The van der Waals surface area contributed by atoms with E-state index < -0.39 is 11.8 Å². The van der Waals surface area contributed by atoms with Crippen LogP contribution in [-0.2, 0) is 26.2 Å². The van der Waals surface area contributed by atoms with Crippen LogP contribution in [0.3, 0.4) is 0 Å². The Morgan fingerprint density at radius 1 is 0.839 bits per heavy atom. The molecule has 4 aromatic heterocycles. The molecule has 0 aliphatic carbocycles. The van der Waals surface area contributed by atoms with Gasteiger partial charge in [0.15, 0.2) is 6.29 Å². The predicted octanol–water partition coefficient (Wildman–Crippen LogP) is 3.44. The average Bonchev–Trinajstić information content (AvgIpc) is 3.95. The van der Waals surface area contributed by atoms with Crippen LogP contribution in [-0.4, -0.2) is 88.0 Å². The Morgan fingerprint density at radius 2 is 1.48 bits per heavy atom. The smallest absolute Gasteiger partial charge is 0.276 e. The lowest BCUT2D eigenvalue weighted by Crippen LogP contribution is -2.19. The minimum Gasteiger partial charge on any atom is -0.491 e. The van der Waals surface area contributed by atoms with Crippen LogP contribution in [0.1, 0.15) is 73.3 Å². The lowest BCUT2D eigenvalue weighted by atomic mass is 10.1. The first kappa shape index (κ1) is 40.4. The predicted molar refractivity (Wildman–Crippen MR) is 211 cm³/mol. The molecule has 0 atom stereocenters. The van der Waals surface area contributed by atoms with E-state index in [9.17, 15) is 24.3 Å². The average molecular weight is 767 g/mol. The molecule has 0 aliphatic rings. The third kappa shape index (κ3) is 8.92. The highest BCUT2D eigenvalue weighted by Crippen LogP contribution is 2.31. The van der Waals surface area contributed by atoms with Gasteiger partial charge in [0.05, 0.1) is 34.5 Å². The molecule has 2 aromatic carbocycles. The molecular formula is C38H46N12O6. The molecule has 0 aliphatic heterocycles. The molecule has 0 fully saturated rings. The molecule has 0 saturated carbocycles. The first-order valence-corrected chi connectivity index (χ1v) is 18.0. The number of ether oxygens (including phenoxy) is 1. The Labute approximate surface area is 322 Å². The zero-order chi connectivity index (χ0) is 40.5. The van der Waals surface area contributed by atoms with Gasteiger partial charge in [0.2, 0.25) is 23.7 Å². The fraction of sp³-hybridized carbons (Fsp3) is 0.316. The first-order chi connectivity index (χ1) is 26.9. The molecule has 0 bridgehead atoms. The van der Waals surface area contributed by atoms with Crippen LogP contribution < -0.4 is 26.8 Å². The number of nitrogens with two attached hydrogens (primary N) is 2. The molecule has 18 heteroatoms. The van der Waals surface area contributed by atoms with Crippen molar-refractivity contribution in [1.82, 2.24) is 38.7 Å². The van der Waals surface area contributed by atoms with E-state index in [1.807, 2.05) is 49.0 Å². The summed E-state index contributed by atoms with van der Waals surface area (Å²) in [5, 5.41) is 23.7. The van der Waals surface area contributed by atoms with Gasteiger partial charge >= 0.3 is 0 Å². The Hall–Kier alpha value is -6.82. The minimum atomic E-state index is -0.609. The molecule has 0 radical (unpaired) electrons. The number of primary amides is 2. The Morgan fingerprint density at radius 3 is 2.11 bits per heavy atom. The van der Waals surface area contributed by atoms with E-state index in [0.717, 1.165) is 24.2 Å². The number of fused-ring (bicyclic) bond motifs is 2. The standard InChI is InChI=1S/C31H36N10O5.C7H10N2O/c1-4-41-24(14-18(2)38-41)29(45)37-31-35-21-15-19(27(32)43)8-9-23(21)39(31)10-5-6-11-40-26-22(36-30(40)34-3)16-20(28(33)44)17-25(26)46-13-7-12-42;1-3-9-7(5-10)4-6(2)8-9/h5-6,8-9,14-17,42H,4,7,10-13H2,1-3H3,(H2,32,43)(H2,33,44)(H,34,36)(H,35,37,45);4-5H,3H2,1-2H3/b6-5+;. The van der Waals surface area contributed by atoms with Gasteiger partial charge < -0.3 is 35.8 Å². The molecule has 0 saturated heterocycles. The molecule has 7 N–H and O–H groups in total. The van der Waals surface area contributed by atoms with Crippen LogP contribution >= 0.6 is 0 Å². The largest absolute Gasteiger partial charge is 0.491 e. The molecule has 6 aromatic rings. The summed E-state index contributed by atoms with van der Waals surface area (Å²) in [6, 6.07) is 11.6. The first-order valence-electron chi connectivity index (χ1n) is 18.0. The molecular weight excluding hydrogens is 720 g/mol. The SMILES string of the molecule is CCn1nc(C)cc1C(=O)Nc1nc2cc(C(N)=O)ccc2n1C/C=C/Cn1c(NC)nc2cc(C(N)=O)cc(OCCCO)c21.CCn1nc(C)cc1C=O. The lowest BCUT2D eigenvalue weighted by Gasteiger charge is -2.12. The molecule has 0 spiro atoms. The van der Waals surface area contributed by atoms with Gasteiger partial charge in [-0.05, 0) is 70.2 Å². The van der Waals surface area contributed by atoms with Crippen molar-refractivity contribution in [3.63, 3.8) is 0 Å². The topological polar surface area (TPSA) is 245 Å². The van der Waals surface area contributed by atoms with Crippen molar-refractivity contribution >= 4 is 58.0 Å². The van der Waals surface area contributed by atoms with Gasteiger partial charge in [0, 0.05) is 57.4 Å². The van der Waals surface area contributed by atoms with Crippen molar-refractivity contribution in [2.45, 2.75) is 60.3 Å².